The van der Waals surface area contributed by atoms with E-state index in [2.05, 4.69) is 34.0 Å². The van der Waals surface area contributed by atoms with Crippen LogP contribution in [-0.4, -0.2) is 23.2 Å². The molecule has 0 saturated carbocycles. The Labute approximate surface area is 72.0 Å². The minimum Gasteiger partial charge on any atom is -0.349 e. The third-order valence-electron chi connectivity index (χ3n) is 2.34. The van der Waals surface area contributed by atoms with Crippen LogP contribution < -0.4 is 10.2 Å². The van der Waals surface area contributed by atoms with Gasteiger partial charge in [-0.05, 0) is 6.92 Å². The van der Waals surface area contributed by atoms with Crippen LogP contribution in [0.3, 0.4) is 0 Å². The van der Waals surface area contributed by atoms with Crippen molar-refractivity contribution in [2.45, 2.75) is 26.4 Å². The predicted octanol–water partition coefficient (Wildman–Crippen LogP) is 1.18. The average molecular weight is 166 g/mol. The van der Waals surface area contributed by atoms with Gasteiger partial charge in [-0.1, -0.05) is 6.92 Å². The Hall–Kier alpha value is -1.19. The molecule has 1 unspecified atom stereocenters. The fraction of sp³-hybridized carbons (Fsp3) is 0.625. The van der Waals surface area contributed by atoms with E-state index in [1.54, 1.807) is 0 Å². The van der Waals surface area contributed by atoms with Gasteiger partial charge in [-0.25, -0.2) is 4.98 Å². The van der Waals surface area contributed by atoms with E-state index in [1.165, 1.54) is 0 Å². The van der Waals surface area contributed by atoms with Crippen molar-refractivity contribution in [3.8, 4) is 0 Å². The average Bonchev–Trinajstić information content (AvgIpc) is 2.55. The number of hydrogen-bond acceptors (Lipinski definition) is 3. The van der Waals surface area contributed by atoms with Gasteiger partial charge in [0.2, 0.25) is 0 Å². The van der Waals surface area contributed by atoms with Gasteiger partial charge in [-0.15, -0.1) is 0 Å². The molecular formula is C8H14N4. The number of hydrogen-bond donors (Lipinski definition) is 2. The minimum atomic E-state index is 0.352. The normalized spacial score (nSPS) is 20.9. The number of imidazole rings is 1. The van der Waals surface area contributed by atoms with Crippen LogP contribution in [0.1, 0.15) is 19.7 Å². The number of rotatable bonds is 1. The molecule has 1 aliphatic rings. The second-order valence-electron chi connectivity index (χ2n) is 3.17. The molecule has 1 atom stereocenters. The van der Waals surface area contributed by atoms with Crippen LogP contribution >= 0.6 is 0 Å². The first-order valence-electron chi connectivity index (χ1n) is 4.30. The molecule has 0 bridgehead atoms. The molecule has 0 aromatic carbocycles. The Balaban J connectivity index is 2.36. The van der Waals surface area contributed by atoms with E-state index < -0.39 is 0 Å². The van der Waals surface area contributed by atoms with Crippen LogP contribution in [0.4, 0.5) is 11.6 Å². The Morgan fingerprint density at radius 1 is 1.58 bits per heavy atom. The molecule has 0 amide bonds. The maximum atomic E-state index is 4.45. The highest BCUT2D eigenvalue weighted by atomic mass is 15.4. The van der Waals surface area contributed by atoms with Crippen LogP contribution in [0, 0.1) is 0 Å². The molecule has 0 spiro atoms. The molecule has 4 nitrogen and oxygen atoms in total. The molecule has 2 N–H and O–H groups in total. The van der Waals surface area contributed by atoms with Gasteiger partial charge in [-0.2, -0.15) is 0 Å². The van der Waals surface area contributed by atoms with Gasteiger partial charge in [0.15, 0.2) is 5.82 Å². The second kappa shape index (κ2) is 2.40. The fourth-order valence-electron chi connectivity index (χ4n) is 1.42. The summed E-state index contributed by atoms with van der Waals surface area (Å²) in [6.45, 7) is 4.21. The van der Waals surface area contributed by atoms with Crippen molar-refractivity contribution in [1.82, 2.24) is 9.97 Å². The molecule has 0 fully saturated rings. The summed E-state index contributed by atoms with van der Waals surface area (Å²) >= 11 is 0. The molecule has 1 aromatic rings. The number of nitrogens with one attached hydrogen (secondary N) is 2. The molecule has 0 saturated heterocycles. The number of aromatic nitrogens is 2. The zero-order valence-corrected chi connectivity index (χ0v) is 7.68. The summed E-state index contributed by atoms with van der Waals surface area (Å²) < 4.78 is 0. The molecule has 66 valence electrons. The minimum absolute atomic E-state index is 0.352. The summed E-state index contributed by atoms with van der Waals surface area (Å²) in [7, 11) is 2.05. The van der Waals surface area contributed by atoms with E-state index in [-0.39, 0.29) is 0 Å². The van der Waals surface area contributed by atoms with Crippen molar-refractivity contribution in [1.29, 1.82) is 0 Å². The van der Waals surface area contributed by atoms with Crippen molar-refractivity contribution in [2.24, 2.45) is 0 Å². The van der Waals surface area contributed by atoms with E-state index in [9.17, 15) is 0 Å². The Morgan fingerprint density at radius 2 is 2.33 bits per heavy atom. The first kappa shape index (κ1) is 7.46. The van der Waals surface area contributed by atoms with Crippen molar-refractivity contribution < 1.29 is 0 Å². The number of fused-ring (bicyclic) bond motifs is 1. The largest absolute Gasteiger partial charge is 0.349 e. The molecule has 4 heteroatoms. The van der Waals surface area contributed by atoms with E-state index in [1.807, 2.05) is 7.05 Å². The summed E-state index contributed by atoms with van der Waals surface area (Å²) in [6, 6.07) is 0. The highest BCUT2D eigenvalue weighted by molar-refractivity contribution is 5.68. The highest BCUT2D eigenvalue weighted by Crippen LogP contribution is 2.30. The molecule has 2 heterocycles. The number of aryl methyl sites for hydroxylation is 1. The van der Waals surface area contributed by atoms with Crippen molar-refractivity contribution >= 4 is 11.6 Å². The van der Waals surface area contributed by atoms with Gasteiger partial charge in [0.05, 0.1) is 6.17 Å². The van der Waals surface area contributed by atoms with Gasteiger partial charge in [0.1, 0.15) is 11.6 Å². The Bertz CT molecular complexity index is 291. The van der Waals surface area contributed by atoms with Crippen LogP contribution in [0.15, 0.2) is 0 Å². The summed E-state index contributed by atoms with van der Waals surface area (Å²) in [5.41, 5.74) is 0. The van der Waals surface area contributed by atoms with Gasteiger partial charge >= 0.3 is 0 Å². The third kappa shape index (κ3) is 0.873. The molecule has 1 aromatic heterocycles. The predicted molar refractivity (Wildman–Crippen MR) is 49.5 cm³/mol. The zero-order valence-electron chi connectivity index (χ0n) is 7.68. The van der Waals surface area contributed by atoms with Crippen LogP contribution in [-0.2, 0) is 6.42 Å². The second-order valence-corrected chi connectivity index (χ2v) is 3.17. The molecule has 12 heavy (non-hydrogen) atoms. The molecule has 0 radical (unpaired) electrons. The number of nitrogens with zero attached hydrogens (tertiary/aromatic N) is 2. The molecule has 1 aliphatic heterocycles. The lowest BCUT2D eigenvalue weighted by atomic mass is 10.5. The van der Waals surface area contributed by atoms with Crippen molar-refractivity contribution in [2.75, 3.05) is 17.3 Å². The van der Waals surface area contributed by atoms with Gasteiger partial charge in [0, 0.05) is 13.5 Å². The lowest BCUT2D eigenvalue weighted by Crippen LogP contribution is -2.29. The maximum Gasteiger partial charge on any atom is 0.173 e. The van der Waals surface area contributed by atoms with E-state index in [4.69, 9.17) is 0 Å². The Morgan fingerprint density at radius 3 is 2.92 bits per heavy atom. The van der Waals surface area contributed by atoms with Crippen molar-refractivity contribution in [3.05, 3.63) is 5.82 Å². The third-order valence-corrected chi connectivity index (χ3v) is 2.34. The lowest BCUT2D eigenvalue weighted by molar-refractivity contribution is 0.785. The quantitative estimate of drug-likeness (QED) is 0.658. The lowest BCUT2D eigenvalue weighted by Gasteiger charge is -2.15. The van der Waals surface area contributed by atoms with Crippen LogP contribution in [0.5, 0.6) is 0 Å². The number of H-pyrrole nitrogens is 1. The smallest absolute Gasteiger partial charge is 0.173 e. The topological polar surface area (TPSA) is 44.0 Å². The summed E-state index contributed by atoms with van der Waals surface area (Å²) in [5, 5.41) is 3.31. The SMILES string of the molecule is CCc1nc2c([nH]1)NC(C)N2C. The zero-order chi connectivity index (χ0) is 8.72. The maximum absolute atomic E-state index is 4.45. The standard InChI is InChI=1S/C8H14N4/c1-4-6-10-7-8(11-6)12(3)5(2)9-7/h5,9H,4H2,1-3H3,(H,10,11). The Kier molecular flexibility index (Phi) is 1.49. The molecular weight excluding hydrogens is 152 g/mol. The highest BCUT2D eigenvalue weighted by Gasteiger charge is 2.25. The first-order valence-corrected chi connectivity index (χ1v) is 4.30. The fourth-order valence-corrected chi connectivity index (χ4v) is 1.42. The van der Waals surface area contributed by atoms with E-state index in [0.717, 1.165) is 23.9 Å². The van der Waals surface area contributed by atoms with Gasteiger partial charge < -0.3 is 15.2 Å². The van der Waals surface area contributed by atoms with Gasteiger partial charge in [0.25, 0.3) is 0 Å². The monoisotopic (exact) mass is 166 g/mol. The van der Waals surface area contributed by atoms with E-state index >= 15 is 0 Å². The van der Waals surface area contributed by atoms with Crippen LogP contribution in [0.25, 0.3) is 0 Å². The summed E-state index contributed by atoms with van der Waals surface area (Å²) in [5.74, 6) is 3.15. The number of anilines is 2. The summed E-state index contributed by atoms with van der Waals surface area (Å²) in [6.07, 6.45) is 1.31. The summed E-state index contributed by atoms with van der Waals surface area (Å²) in [4.78, 5) is 9.82. The number of aromatic amines is 1. The molecule has 2 rings (SSSR count). The first-order chi connectivity index (χ1) is 5.72. The van der Waals surface area contributed by atoms with E-state index in [0.29, 0.717) is 6.17 Å². The van der Waals surface area contributed by atoms with Crippen LogP contribution in [0.2, 0.25) is 0 Å². The van der Waals surface area contributed by atoms with Gasteiger partial charge in [-0.3, -0.25) is 0 Å². The molecule has 0 aliphatic carbocycles. The van der Waals surface area contributed by atoms with Crippen molar-refractivity contribution in [3.63, 3.8) is 0 Å².